The first-order valence-corrected chi connectivity index (χ1v) is 14.0. The Labute approximate surface area is 245 Å². The summed E-state index contributed by atoms with van der Waals surface area (Å²) in [7, 11) is 0. The molecule has 1 aliphatic heterocycles. The molecule has 9 nitrogen and oxygen atoms in total. The fourth-order valence-electron chi connectivity index (χ4n) is 4.66. The molecule has 1 saturated heterocycles. The summed E-state index contributed by atoms with van der Waals surface area (Å²) in [5.41, 5.74) is -0.205. The van der Waals surface area contributed by atoms with Gasteiger partial charge in [-0.2, -0.15) is 10.4 Å². The van der Waals surface area contributed by atoms with Crippen LogP contribution in [0, 0.1) is 23.0 Å². The van der Waals surface area contributed by atoms with Crippen LogP contribution in [0.4, 0.5) is 14.5 Å². The average molecular weight is 592 g/mol. The number of hydrogen-bond acceptors (Lipinski definition) is 8. The molecule has 0 saturated carbocycles. The normalized spacial score (nSPS) is 16.6. The van der Waals surface area contributed by atoms with Crippen molar-refractivity contribution >= 4 is 23.4 Å². The second-order valence-electron chi connectivity index (χ2n) is 9.73. The van der Waals surface area contributed by atoms with Gasteiger partial charge < -0.3 is 19.9 Å². The number of halogens is 2. The molecule has 2 atom stereocenters. The predicted molar refractivity (Wildman–Crippen MR) is 151 cm³/mol. The number of aliphatic hydroxyl groups is 1. The van der Waals surface area contributed by atoms with E-state index in [9.17, 15) is 14.3 Å². The molecule has 1 amide bonds. The van der Waals surface area contributed by atoms with E-state index in [1.807, 2.05) is 6.07 Å². The van der Waals surface area contributed by atoms with Crippen LogP contribution in [0.15, 0.2) is 79.4 Å². The molecular formula is C30H27F2N5O4S. The van der Waals surface area contributed by atoms with E-state index in [-0.39, 0.29) is 18.0 Å². The summed E-state index contributed by atoms with van der Waals surface area (Å²) < 4.78 is 42.7. The first-order valence-electron chi connectivity index (χ1n) is 13.1. The van der Waals surface area contributed by atoms with Crippen molar-refractivity contribution in [1.29, 1.82) is 5.26 Å². The minimum absolute atomic E-state index is 0.124. The van der Waals surface area contributed by atoms with Gasteiger partial charge in [-0.25, -0.2) is 18.4 Å². The summed E-state index contributed by atoms with van der Waals surface area (Å²) in [4.78, 5) is 17.0. The lowest BCUT2D eigenvalue weighted by Crippen LogP contribution is -2.45. The van der Waals surface area contributed by atoms with Gasteiger partial charge in [0.15, 0.2) is 0 Å². The molecule has 1 fully saturated rings. The molecule has 12 heteroatoms. The van der Waals surface area contributed by atoms with Gasteiger partial charge >= 0.3 is 0 Å². The van der Waals surface area contributed by atoms with Crippen LogP contribution in [0.25, 0.3) is 0 Å². The maximum atomic E-state index is 15.1. The van der Waals surface area contributed by atoms with Crippen LogP contribution in [-0.2, 0) is 26.7 Å². The van der Waals surface area contributed by atoms with Gasteiger partial charge in [0.1, 0.15) is 29.9 Å². The molecule has 2 N–H and O–H groups in total. The lowest BCUT2D eigenvalue weighted by molar-refractivity contribution is -0.213. The molecule has 3 aromatic carbocycles. The summed E-state index contributed by atoms with van der Waals surface area (Å²) in [6, 6.07) is 18.3. The van der Waals surface area contributed by atoms with Crippen LogP contribution < -0.4 is 5.32 Å². The van der Waals surface area contributed by atoms with Crippen molar-refractivity contribution in [2.45, 2.75) is 35.9 Å². The van der Waals surface area contributed by atoms with E-state index in [2.05, 4.69) is 15.4 Å². The number of carbonyl (C=O) groups is 1. The van der Waals surface area contributed by atoms with Gasteiger partial charge in [-0.05, 0) is 55.8 Å². The monoisotopic (exact) mass is 591 g/mol. The lowest BCUT2D eigenvalue weighted by atomic mass is 9.90. The Morgan fingerprint density at radius 2 is 1.95 bits per heavy atom. The third-order valence-corrected chi connectivity index (χ3v) is 8.42. The van der Waals surface area contributed by atoms with E-state index in [1.54, 1.807) is 55.5 Å². The first-order chi connectivity index (χ1) is 20.2. The van der Waals surface area contributed by atoms with E-state index in [0.717, 1.165) is 23.9 Å². The fraction of sp³-hybridized carbons (Fsp3) is 0.267. The predicted octanol–water partition coefficient (Wildman–Crippen LogP) is 4.94. The maximum absolute atomic E-state index is 15.1. The van der Waals surface area contributed by atoms with Crippen LogP contribution in [0.5, 0.6) is 0 Å². The Morgan fingerprint density at radius 3 is 2.62 bits per heavy atom. The molecule has 1 aliphatic rings. The maximum Gasteiger partial charge on any atom is 0.255 e. The fourth-order valence-corrected chi connectivity index (χ4v) is 6.09. The number of nitriles is 1. The zero-order valence-corrected chi connectivity index (χ0v) is 23.4. The SMILES string of the molecule is C[C@@H](SC1(c2cccc(C(=O)Nc3ccc(C#N)cc3)c2)OCCCO1)[C@](O)(Cn1cncn1)c1ccc(F)cc1F. The quantitative estimate of drug-likeness (QED) is 0.281. The van der Waals surface area contributed by atoms with E-state index in [1.165, 1.54) is 23.4 Å². The van der Waals surface area contributed by atoms with Gasteiger partial charge in [0.2, 0.25) is 5.12 Å². The van der Waals surface area contributed by atoms with Gasteiger partial charge in [0.25, 0.3) is 5.91 Å². The van der Waals surface area contributed by atoms with Gasteiger partial charge in [0.05, 0.1) is 31.4 Å². The lowest BCUT2D eigenvalue weighted by Gasteiger charge is -2.42. The van der Waals surface area contributed by atoms with Crippen molar-refractivity contribution in [3.05, 3.63) is 113 Å². The van der Waals surface area contributed by atoms with Crippen molar-refractivity contribution in [2.75, 3.05) is 18.5 Å². The van der Waals surface area contributed by atoms with Crippen LogP contribution in [0.3, 0.4) is 0 Å². The molecule has 0 aliphatic carbocycles. The number of carbonyl (C=O) groups excluding carboxylic acids is 1. The molecule has 42 heavy (non-hydrogen) atoms. The van der Waals surface area contributed by atoms with Crippen LogP contribution in [0.1, 0.15) is 40.4 Å². The average Bonchev–Trinajstić information content (AvgIpc) is 3.50. The second-order valence-corrected chi connectivity index (χ2v) is 11.2. The molecule has 0 radical (unpaired) electrons. The summed E-state index contributed by atoms with van der Waals surface area (Å²) in [5, 5.41) is 25.7. The van der Waals surface area contributed by atoms with Crippen LogP contribution in [-0.4, -0.2) is 44.2 Å². The third-order valence-electron chi connectivity index (χ3n) is 6.89. The van der Waals surface area contributed by atoms with E-state index < -0.39 is 27.6 Å². The van der Waals surface area contributed by atoms with Crippen molar-refractivity contribution in [2.24, 2.45) is 0 Å². The smallest absolute Gasteiger partial charge is 0.255 e. The number of anilines is 1. The number of thioether (sulfide) groups is 1. The molecule has 0 bridgehead atoms. The highest BCUT2D eigenvalue weighted by Gasteiger charge is 2.47. The summed E-state index contributed by atoms with van der Waals surface area (Å²) in [6.45, 7) is 2.18. The number of amides is 1. The molecule has 2 heterocycles. The molecule has 4 aromatic rings. The standard InChI is InChI=1S/C30H27F2N5O4S/c1-20(29(39,17-37-19-34-18-35-37)26-11-8-24(31)15-27(26)32)42-30(40-12-3-13-41-30)23-5-2-4-22(14-23)28(38)36-25-9-6-21(16-33)7-10-25/h2,4-11,14-15,18-20,39H,3,12-13,17H2,1H3,(H,36,38)/t20-,29-/m1/s1. The second kappa shape index (κ2) is 12.4. The summed E-state index contributed by atoms with van der Waals surface area (Å²) in [5.74, 6) is -2.07. The highest BCUT2D eigenvalue weighted by molar-refractivity contribution is 8.00. The Bertz CT molecular complexity index is 1590. The minimum Gasteiger partial charge on any atom is -0.382 e. The van der Waals surface area contributed by atoms with Crippen LogP contribution >= 0.6 is 11.8 Å². The molecule has 216 valence electrons. The topological polar surface area (TPSA) is 122 Å². The first kappa shape index (κ1) is 29.3. The van der Waals surface area contributed by atoms with E-state index >= 15 is 4.39 Å². The molecule has 5 rings (SSSR count). The van der Waals surface area contributed by atoms with Crippen molar-refractivity contribution in [3.8, 4) is 6.07 Å². The molecule has 0 spiro atoms. The third kappa shape index (κ3) is 6.19. The van der Waals surface area contributed by atoms with Crippen molar-refractivity contribution in [1.82, 2.24) is 14.8 Å². The molecular weight excluding hydrogens is 564 g/mol. The highest BCUT2D eigenvalue weighted by Crippen LogP contribution is 2.49. The highest BCUT2D eigenvalue weighted by atomic mass is 32.2. The number of benzene rings is 3. The zero-order valence-electron chi connectivity index (χ0n) is 22.5. The Morgan fingerprint density at radius 1 is 1.19 bits per heavy atom. The largest absolute Gasteiger partial charge is 0.382 e. The molecule has 1 aromatic heterocycles. The van der Waals surface area contributed by atoms with Gasteiger partial charge in [-0.1, -0.05) is 30.0 Å². The number of nitrogens with zero attached hydrogens (tertiary/aromatic N) is 4. The number of hydrogen-bond donors (Lipinski definition) is 2. The minimum atomic E-state index is -1.90. The Balaban J connectivity index is 1.47. The van der Waals surface area contributed by atoms with Gasteiger partial charge in [0, 0.05) is 33.7 Å². The van der Waals surface area contributed by atoms with Crippen molar-refractivity contribution in [3.63, 3.8) is 0 Å². The Kier molecular flexibility index (Phi) is 8.65. The van der Waals surface area contributed by atoms with Gasteiger partial charge in [-0.15, -0.1) is 0 Å². The summed E-state index contributed by atoms with van der Waals surface area (Å²) in [6.07, 6.45) is 3.32. The van der Waals surface area contributed by atoms with E-state index in [0.29, 0.717) is 42.0 Å². The van der Waals surface area contributed by atoms with E-state index in [4.69, 9.17) is 14.7 Å². The number of aromatic nitrogens is 3. The van der Waals surface area contributed by atoms with Crippen LogP contribution in [0.2, 0.25) is 0 Å². The van der Waals surface area contributed by atoms with Gasteiger partial charge in [-0.3, -0.25) is 4.79 Å². The summed E-state index contributed by atoms with van der Waals surface area (Å²) >= 11 is 1.11. The zero-order chi connectivity index (χ0) is 29.7. The Hall–Kier alpha value is -4.15. The number of rotatable bonds is 9. The number of ether oxygens (including phenoxy) is 2. The van der Waals surface area contributed by atoms with Crippen molar-refractivity contribution < 1.29 is 28.2 Å². The number of nitrogens with one attached hydrogen (secondary N) is 1. The molecule has 0 unspecified atom stereocenters.